The predicted octanol–water partition coefficient (Wildman–Crippen LogP) is 3.34. The van der Waals surface area contributed by atoms with Gasteiger partial charge in [-0.3, -0.25) is 4.79 Å². The molecule has 0 heterocycles. The third kappa shape index (κ3) is 4.07. The maximum absolute atomic E-state index is 12.4. The molecule has 3 atom stereocenters. The highest BCUT2D eigenvalue weighted by molar-refractivity contribution is 5.94. The number of amides is 1. The zero-order valence-electron chi connectivity index (χ0n) is 13.4. The van der Waals surface area contributed by atoms with E-state index in [1.54, 1.807) is 0 Å². The molecule has 0 radical (unpaired) electrons. The summed E-state index contributed by atoms with van der Waals surface area (Å²) in [7, 11) is 0. The summed E-state index contributed by atoms with van der Waals surface area (Å²) >= 11 is 0. The summed E-state index contributed by atoms with van der Waals surface area (Å²) in [5.41, 5.74) is 7.37. The van der Waals surface area contributed by atoms with Crippen molar-refractivity contribution in [3.05, 3.63) is 35.4 Å². The standard InChI is InChI=1S/C18H28N2O/c1-12(2)16-9-4-13(3)10-17(16)20-18(21)15-7-5-14(11-19)6-8-15/h5-8,12-13,16-17H,4,9-11,19H2,1-3H3,(H,20,21). The average Bonchev–Trinajstić information content (AvgIpc) is 2.47. The summed E-state index contributed by atoms with van der Waals surface area (Å²) in [6.45, 7) is 7.31. The van der Waals surface area contributed by atoms with Gasteiger partial charge in [0.1, 0.15) is 0 Å². The third-order valence-electron chi connectivity index (χ3n) is 4.79. The number of nitrogens with two attached hydrogens (primary N) is 1. The van der Waals surface area contributed by atoms with E-state index in [2.05, 4.69) is 26.1 Å². The van der Waals surface area contributed by atoms with E-state index < -0.39 is 0 Å². The minimum atomic E-state index is 0.0447. The molecule has 0 saturated heterocycles. The molecule has 1 amide bonds. The van der Waals surface area contributed by atoms with Gasteiger partial charge in [0.05, 0.1) is 0 Å². The summed E-state index contributed by atoms with van der Waals surface area (Å²) in [6, 6.07) is 7.90. The zero-order valence-corrected chi connectivity index (χ0v) is 13.4. The highest BCUT2D eigenvalue weighted by Crippen LogP contribution is 2.33. The van der Waals surface area contributed by atoms with E-state index in [-0.39, 0.29) is 5.91 Å². The largest absolute Gasteiger partial charge is 0.349 e. The summed E-state index contributed by atoms with van der Waals surface area (Å²) in [5, 5.41) is 3.26. The lowest BCUT2D eigenvalue weighted by Gasteiger charge is -2.37. The normalized spacial score (nSPS) is 25.9. The van der Waals surface area contributed by atoms with Crippen molar-refractivity contribution in [2.75, 3.05) is 0 Å². The Labute approximate surface area is 128 Å². The fraction of sp³-hybridized carbons (Fsp3) is 0.611. The molecule has 3 heteroatoms. The van der Waals surface area contributed by atoms with Crippen LogP contribution in [0.2, 0.25) is 0 Å². The van der Waals surface area contributed by atoms with Crippen LogP contribution in [0.5, 0.6) is 0 Å². The van der Waals surface area contributed by atoms with Gasteiger partial charge in [-0.1, -0.05) is 39.3 Å². The van der Waals surface area contributed by atoms with Crippen molar-refractivity contribution in [2.24, 2.45) is 23.5 Å². The first kappa shape index (κ1) is 16.0. The van der Waals surface area contributed by atoms with Crippen LogP contribution in [0, 0.1) is 17.8 Å². The molecule has 116 valence electrons. The minimum absolute atomic E-state index is 0.0447. The van der Waals surface area contributed by atoms with Gasteiger partial charge in [-0.15, -0.1) is 0 Å². The fourth-order valence-corrected chi connectivity index (χ4v) is 3.41. The van der Waals surface area contributed by atoms with Crippen LogP contribution in [-0.4, -0.2) is 11.9 Å². The average molecular weight is 288 g/mol. The first-order chi connectivity index (χ1) is 10.0. The second-order valence-corrected chi connectivity index (χ2v) is 6.81. The predicted molar refractivity (Wildman–Crippen MR) is 86.9 cm³/mol. The molecule has 1 fully saturated rings. The van der Waals surface area contributed by atoms with Gasteiger partial charge < -0.3 is 11.1 Å². The Balaban J connectivity index is 2.04. The number of carbonyl (C=O) groups is 1. The Morgan fingerprint density at radius 2 is 1.95 bits per heavy atom. The van der Waals surface area contributed by atoms with Crippen molar-refractivity contribution in [1.29, 1.82) is 0 Å². The summed E-state index contributed by atoms with van der Waals surface area (Å²) in [4.78, 5) is 12.4. The van der Waals surface area contributed by atoms with Crippen LogP contribution < -0.4 is 11.1 Å². The van der Waals surface area contributed by atoms with Crippen LogP contribution in [0.15, 0.2) is 24.3 Å². The molecule has 3 unspecified atom stereocenters. The van der Waals surface area contributed by atoms with E-state index in [1.807, 2.05) is 24.3 Å². The fourth-order valence-electron chi connectivity index (χ4n) is 3.41. The van der Waals surface area contributed by atoms with Crippen LogP contribution in [0.3, 0.4) is 0 Å². The number of hydrogen-bond acceptors (Lipinski definition) is 2. The van der Waals surface area contributed by atoms with Crippen LogP contribution in [0.1, 0.15) is 56.0 Å². The Morgan fingerprint density at radius 1 is 1.29 bits per heavy atom. The van der Waals surface area contributed by atoms with Gasteiger partial charge in [-0.2, -0.15) is 0 Å². The van der Waals surface area contributed by atoms with Crippen molar-refractivity contribution in [3.63, 3.8) is 0 Å². The molecule has 0 bridgehead atoms. The number of carbonyl (C=O) groups excluding carboxylic acids is 1. The van der Waals surface area contributed by atoms with Gasteiger partial charge in [0.2, 0.25) is 0 Å². The summed E-state index contributed by atoms with van der Waals surface area (Å²) in [6.07, 6.45) is 3.59. The molecule has 1 aromatic carbocycles. The monoisotopic (exact) mass is 288 g/mol. The quantitative estimate of drug-likeness (QED) is 0.893. The lowest BCUT2D eigenvalue weighted by molar-refractivity contribution is 0.0868. The van der Waals surface area contributed by atoms with E-state index in [9.17, 15) is 4.79 Å². The molecule has 0 aromatic heterocycles. The Morgan fingerprint density at radius 3 is 2.52 bits per heavy atom. The molecule has 1 saturated carbocycles. The van der Waals surface area contributed by atoms with Gasteiger partial charge in [0, 0.05) is 18.2 Å². The molecule has 2 rings (SSSR count). The lowest BCUT2D eigenvalue weighted by Crippen LogP contribution is -2.45. The first-order valence-corrected chi connectivity index (χ1v) is 8.11. The van der Waals surface area contributed by atoms with Gasteiger partial charge in [0.25, 0.3) is 5.91 Å². The van der Waals surface area contributed by atoms with Gasteiger partial charge in [0.15, 0.2) is 0 Å². The maximum Gasteiger partial charge on any atom is 0.251 e. The maximum atomic E-state index is 12.4. The number of hydrogen-bond donors (Lipinski definition) is 2. The van der Waals surface area contributed by atoms with Gasteiger partial charge in [-0.25, -0.2) is 0 Å². The van der Waals surface area contributed by atoms with E-state index in [0.29, 0.717) is 30.3 Å². The molecule has 1 aliphatic rings. The second-order valence-electron chi connectivity index (χ2n) is 6.81. The number of nitrogens with one attached hydrogen (secondary N) is 1. The second kappa shape index (κ2) is 7.08. The van der Waals surface area contributed by atoms with E-state index >= 15 is 0 Å². The topological polar surface area (TPSA) is 55.1 Å². The highest BCUT2D eigenvalue weighted by atomic mass is 16.1. The molecule has 3 nitrogen and oxygen atoms in total. The molecule has 0 aliphatic heterocycles. The van der Waals surface area contributed by atoms with E-state index in [0.717, 1.165) is 17.5 Å². The molecule has 21 heavy (non-hydrogen) atoms. The smallest absolute Gasteiger partial charge is 0.251 e. The van der Waals surface area contributed by atoms with Crippen LogP contribution in [-0.2, 0) is 6.54 Å². The molecule has 0 spiro atoms. The molecule has 3 N–H and O–H groups in total. The summed E-state index contributed by atoms with van der Waals surface area (Å²) in [5.74, 6) is 1.95. The third-order valence-corrected chi connectivity index (χ3v) is 4.79. The Bertz CT molecular complexity index is 467. The van der Waals surface area contributed by atoms with E-state index in [1.165, 1.54) is 12.8 Å². The lowest BCUT2D eigenvalue weighted by atomic mass is 9.74. The molecule has 1 aromatic rings. The summed E-state index contributed by atoms with van der Waals surface area (Å²) < 4.78 is 0. The highest BCUT2D eigenvalue weighted by Gasteiger charge is 2.31. The SMILES string of the molecule is CC1CCC(C(C)C)C(NC(=O)c2ccc(CN)cc2)C1. The Hall–Kier alpha value is -1.35. The van der Waals surface area contributed by atoms with Crippen LogP contribution in [0.25, 0.3) is 0 Å². The van der Waals surface area contributed by atoms with Crippen molar-refractivity contribution in [2.45, 2.75) is 52.6 Å². The van der Waals surface area contributed by atoms with Crippen molar-refractivity contribution < 1.29 is 4.79 Å². The Kier molecular flexibility index (Phi) is 5.40. The zero-order chi connectivity index (χ0) is 15.4. The molecular formula is C18H28N2O. The van der Waals surface area contributed by atoms with E-state index in [4.69, 9.17) is 5.73 Å². The minimum Gasteiger partial charge on any atom is -0.349 e. The first-order valence-electron chi connectivity index (χ1n) is 8.11. The number of rotatable bonds is 4. The van der Waals surface area contributed by atoms with Crippen LogP contribution in [0.4, 0.5) is 0 Å². The molecular weight excluding hydrogens is 260 g/mol. The van der Waals surface area contributed by atoms with Crippen LogP contribution >= 0.6 is 0 Å². The number of benzene rings is 1. The van der Waals surface area contributed by atoms with Gasteiger partial charge in [-0.05, 0) is 48.3 Å². The van der Waals surface area contributed by atoms with Crippen molar-refractivity contribution in [3.8, 4) is 0 Å². The van der Waals surface area contributed by atoms with Crippen molar-refractivity contribution in [1.82, 2.24) is 5.32 Å². The van der Waals surface area contributed by atoms with Crippen molar-refractivity contribution >= 4 is 5.91 Å². The molecule has 1 aliphatic carbocycles. The van der Waals surface area contributed by atoms with Gasteiger partial charge >= 0.3 is 0 Å².